The second-order valence-electron chi connectivity index (χ2n) is 5.90. The van der Waals surface area contributed by atoms with Crippen molar-refractivity contribution in [2.45, 2.75) is 13.8 Å². The highest BCUT2D eigenvalue weighted by Gasteiger charge is 2.19. The number of rotatable bonds is 3. The average molecular weight is 354 g/mol. The maximum absolute atomic E-state index is 6.19. The molecule has 0 saturated heterocycles. The molecule has 1 heterocycles. The number of benzene rings is 3. The predicted molar refractivity (Wildman–Crippen MR) is 101 cm³/mol. The minimum Gasteiger partial charge on any atom is -1.00 e. The van der Waals surface area contributed by atoms with E-state index in [1.165, 1.54) is 0 Å². The third kappa shape index (κ3) is 2.83. The Bertz CT molecular complexity index is 1060. The molecule has 1 aromatic heterocycles. The Morgan fingerprint density at radius 2 is 1.68 bits per heavy atom. The summed E-state index contributed by atoms with van der Waals surface area (Å²) < 4.78 is 6.15. The van der Waals surface area contributed by atoms with Crippen molar-refractivity contribution in [2.75, 3.05) is 23.7 Å². The summed E-state index contributed by atoms with van der Waals surface area (Å²) in [7, 11) is 0. The third-order valence-corrected chi connectivity index (χ3v) is 4.54. The number of nitrogens with two attached hydrogens (primary N) is 1. The largest absolute Gasteiger partial charge is 1.00 e. The van der Waals surface area contributed by atoms with E-state index in [-0.39, 0.29) is 12.4 Å². The first-order valence-electron chi connectivity index (χ1n) is 8.31. The van der Waals surface area contributed by atoms with E-state index >= 15 is 0 Å². The van der Waals surface area contributed by atoms with E-state index < -0.39 is 0 Å². The number of halogens is 1. The first-order valence-corrected chi connectivity index (χ1v) is 8.31. The molecule has 0 unspecified atom stereocenters. The minimum absolute atomic E-state index is 0. The van der Waals surface area contributed by atoms with Gasteiger partial charge in [0.15, 0.2) is 11.0 Å². The van der Waals surface area contributed by atoms with Crippen LogP contribution in [0.1, 0.15) is 13.8 Å². The minimum atomic E-state index is 0. The molecule has 0 fully saturated rings. The van der Waals surface area contributed by atoms with E-state index in [4.69, 9.17) is 15.1 Å². The molecule has 128 valence electrons. The monoisotopic (exact) mass is 353 g/mol. The molecule has 0 radical (unpaired) electrons. The number of nitrogens with zero attached hydrogens (tertiary/aromatic N) is 2. The molecule has 0 aliphatic carbocycles. The van der Waals surface area contributed by atoms with Crippen LogP contribution in [0.3, 0.4) is 0 Å². The Morgan fingerprint density at radius 3 is 2.40 bits per heavy atom. The molecule has 0 aliphatic rings. The molecule has 4 nitrogen and oxygen atoms in total. The molecule has 4 rings (SSSR count). The first-order chi connectivity index (χ1) is 11.7. The van der Waals surface area contributed by atoms with E-state index in [9.17, 15) is 0 Å². The zero-order chi connectivity index (χ0) is 16.7. The first kappa shape index (κ1) is 17.2. The second-order valence-corrected chi connectivity index (χ2v) is 5.90. The normalized spacial score (nSPS) is 11.0. The summed E-state index contributed by atoms with van der Waals surface area (Å²) in [6.45, 7) is 6.22. The molecule has 0 atom stereocenters. The lowest BCUT2D eigenvalue weighted by Crippen LogP contribution is -3.00. The molecule has 5 heteroatoms. The molecule has 0 amide bonds. The quantitative estimate of drug-likeness (QED) is 0.264. The van der Waals surface area contributed by atoms with Gasteiger partial charge in [-0.1, -0.05) is 24.3 Å². The molecular formula is C20H20ClN3O. The van der Waals surface area contributed by atoms with Crippen molar-refractivity contribution < 1.29 is 16.8 Å². The Hall–Kier alpha value is -2.59. The van der Waals surface area contributed by atoms with Crippen LogP contribution in [-0.4, -0.2) is 18.1 Å². The van der Waals surface area contributed by atoms with Gasteiger partial charge in [0.05, 0.1) is 12.1 Å². The van der Waals surface area contributed by atoms with E-state index in [0.29, 0.717) is 5.69 Å². The summed E-state index contributed by atoms with van der Waals surface area (Å²) in [5.74, 6) is 0. The lowest BCUT2D eigenvalue weighted by atomic mass is 10.1. The van der Waals surface area contributed by atoms with Crippen molar-refractivity contribution in [3.63, 3.8) is 0 Å². The Morgan fingerprint density at radius 1 is 0.960 bits per heavy atom. The highest BCUT2D eigenvalue weighted by atomic mass is 35.5. The maximum Gasteiger partial charge on any atom is 0.381 e. The molecular weight excluding hydrogens is 334 g/mol. The van der Waals surface area contributed by atoms with Gasteiger partial charge in [-0.2, -0.15) is 0 Å². The number of aromatic nitrogens is 1. The zero-order valence-electron chi connectivity index (χ0n) is 14.3. The van der Waals surface area contributed by atoms with Crippen LogP contribution in [0, 0.1) is 0 Å². The van der Waals surface area contributed by atoms with Crippen LogP contribution in [0.4, 0.5) is 11.4 Å². The molecule has 4 aromatic rings. The molecule has 0 bridgehead atoms. The summed E-state index contributed by atoms with van der Waals surface area (Å²) >= 11 is 0. The van der Waals surface area contributed by atoms with Crippen molar-refractivity contribution in [3.05, 3.63) is 48.5 Å². The van der Waals surface area contributed by atoms with Gasteiger partial charge < -0.3 is 23.0 Å². The summed E-state index contributed by atoms with van der Waals surface area (Å²) in [6.07, 6.45) is 0. The van der Waals surface area contributed by atoms with Gasteiger partial charge in [0.25, 0.3) is 0 Å². The van der Waals surface area contributed by atoms with Gasteiger partial charge in [-0.25, -0.2) is 9.40 Å². The van der Waals surface area contributed by atoms with Gasteiger partial charge in [-0.05, 0) is 26.0 Å². The fourth-order valence-electron chi connectivity index (χ4n) is 3.26. The van der Waals surface area contributed by atoms with Gasteiger partial charge in [0, 0.05) is 35.2 Å². The van der Waals surface area contributed by atoms with Crippen molar-refractivity contribution in [2.24, 2.45) is 0 Å². The Kier molecular flexibility index (Phi) is 4.64. The molecule has 3 aromatic carbocycles. The van der Waals surface area contributed by atoms with Gasteiger partial charge in [-0.3, -0.25) is 0 Å². The van der Waals surface area contributed by atoms with Crippen LogP contribution in [-0.2, 0) is 0 Å². The zero-order valence-corrected chi connectivity index (χ0v) is 15.0. The van der Waals surface area contributed by atoms with E-state index in [2.05, 4.69) is 30.9 Å². The van der Waals surface area contributed by atoms with Gasteiger partial charge in [0.2, 0.25) is 0 Å². The smallest absolute Gasteiger partial charge is 0.381 e. The fourth-order valence-corrected chi connectivity index (χ4v) is 3.26. The summed E-state index contributed by atoms with van der Waals surface area (Å²) in [4.78, 5) is 7.12. The lowest BCUT2D eigenvalue weighted by Gasteiger charge is -2.19. The average Bonchev–Trinajstić information content (AvgIpc) is 2.62. The van der Waals surface area contributed by atoms with Gasteiger partial charge in [-0.15, -0.1) is 0 Å². The van der Waals surface area contributed by atoms with Crippen LogP contribution < -0.4 is 23.0 Å². The van der Waals surface area contributed by atoms with Crippen LogP contribution in [0.5, 0.6) is 0 Å². The van der Waals surface area contributed by atoms with Crippen LogP contribution in [0.25, 0.3) is 33.0 Å². The predicted octanol–water partition coefficient (Wildman–Crippen LogP) is 1.85. The number of anilines is 2. The summed E-state index contributed by atoms with van der Waals surface area (Å²) in [5.41, 5.74) is 11.2. The van der Waals surface area contributed by atoms with Gasteiger partial charge >= 0.3 is 11.2 Å². The summed E-state index contributed by atoms with van der Waals surface area (Å²) in [5, 5.41) is 2.03. The van der Waals surface area contributed by atoms with Gasteiger partial charge in [0.1, 0.15) is 0 Å². The topological polar surface area (TPSA) is 53.5 Å². The number of nitrogen functional groups attached to an aromatic ring is 1. The maximum atomic E-state index is 6.19. The molecule has 25 heavy (non-hydrogen) atoms. The SMILES string of the molecule is CCN(CC)c1ccc2nc3c(cc(N)c4ccccc43)[o+]c2c1.[Cl-]. The second kappa shape index (κ2) is 6.73. The summed E-state index contributed by atoms with van der Waals surface area (Å²) in [6, 6.07) is 16.1. The van der Waals surface area contributed by atoms with E-state index in [1.807, 2.05) is 36.4 Å². The van der Waals surface area contributed by atoms with Crippen LogP contribution in [0.15, 0.2) is 52.9 Å². The Labute approximate surface area is 152 Å². The van der Waals surface area contributed by atoms with Crippen LogP contribution >= 0.6 is 0 Å². The molecule has 2 N–H and O–H groups in total. The molecule has 0 spiro atoms. The standard InChI is InChI=1S/C20H20N3O.ClH/c1-3-23(4-2)13-9-10-17-18(11-13)24-19-12-16(21)14-7-5-6-8-15(14)20(19)22-17;/h5-12H,3-4,21H2,1-2H3;1H/q+1;/p-1. The van der Waals surface area contributed by atoms with Crippen molar-refractivity contribution in [1.29, 1.82) is 0 Å². The number of hydrogen-bond donors (Lipinski definition) is 1. The molecule has 0 saturated carbocycles. The van der Waals surface area contributed by atoms with Crippen molar-refractivity contribution in [1.82, 2.24) is 4.98 Å². The number of hydrogen-bond acceptors (Lipinski definition) is 3. The van der Waals surface area contributed by atoms with Crippen molar-refractivity contribution >= 4 is 44.3 Å². The van der Waals surface area contributed by atoms with Crippen LogP contribution in [0.2, 0.25) is 0 Å². The fraction of sp³-hybridized carbons (Fsp3) is 0.200. The van der Waals surface area contributed by atoms with Crippen molar-refractivity contribution in [3.8, 4) is 0 Å². The molecule has 0 aliphatic heterocycles. The van der Waals surface area contributed by atoms with E-state index in [0.717, 1.165) is 51.7 Å². The third-order valence-electron chi connectivity index (χ3n) is 4.54. The highest BCUT2D eigenvalue weighted by molar-refractivity contribution is 6.10. The number of fused-ring (bicyclic) bond motifs is 4. The highest BCUT2D eigenvalue weighted by Crippen LogP contribution is 2.32. The Balaban J connectivity index is 0.00000182. The lowest BCUT2D eigenvalue weighted by molar-refractivity contribution is -0.00000533. The van der Waals surface area contributed by atoms with E-state index in [1.54, 1.807) is 0 Å².